The number of aromatic amines is 1. The molecule has 1 saturated carbocycles. The molecule has 3 rings (SSSR count). The zero-order valence-electron chi connectivity index (χ0n) is 10.2. The highest BCUT2D eigenvalue weighted by molar-refractivity contribution is 6.30. The average Bonchev–Trinajstić information content (AvgIpc) is 3.20. The second-order valence-electron chi connectivity index (χ2n) is 4.60. The molecule has 2 aromatic rings. The van der Waals surface area contributed by atoms with Gasteiger partial charge in [0.1, 0.15) is 5.69 Å². The highest BCUT2D eigenvalue weighted by Gasteiger charge is 2.20. The Bertz CT molecular complexity index is 634. The molecule has 6 heteroatoms. The summed E-state index contributed by atoms with van der Waals surface area (Å²) in [6.45, 7) is 0.606. The van der Waals surface area contributed by atoms with Crippen molar-refractivity contribution in [2.24, 2.45) is 0 Å². The summed E-state index contributed by atoms with van der Waals surface area (Å²) in [6.07, 6.45) is 3.94. The van der Waals surface area contributed by atoms with Gasteiger partial charge in [0, 0.05) is 24.8 Å². The minimum Gasteiger partial charge on any atom is -0.308 e. The molecule has 5 nitrogen and oxygen atoms in total. The van der Waals surface area contributed by atoms with E-state index in [0.29, 0.717) is 29.1 Å². The van der Waals surface area contributed by atoms with E-state index < -0.39 is 0 Å². The van der Waals surface area contributed by atoms with E-state index in [1.165, 1.54) is 25.1 Å². The SMILES string of the molecule is O=c1cc(CNC2CC2)nc(-c2ccc(Cl)cn2)[nH]1. The predicted molar refractivity (Wildman–Crippen MR) is 73.0 cm³/mol. The Morgan fingerprint density at radius 3 is 2.95 bits per heavy atom. The highest BCUT2D eigenvalue weighted by Crippen LogP contribution is 2.19. The molecule has 0 atom stereocenters. The lowest BCUT2D eigenvalue weighted by atomic mass is 10.3. The van der Waals surface area contributed by atoms with Crippen LogP contribution >= 0.6 is 11.6 Å². The zero-order valence-corrected chi connectivity index (χ0v) is 10.9. The summed E-state index contributed by atoms with van der Waals surface area (Å²) >= 11 is 5.79. The fraction of sp³-hybridized carbons (Fsp3) is 0.308. The molecule has 19 heavy (non-hydrogen) atoms. The lowest BCUT2D eigenvalue weighted by Crippen LogP contribution is -2.19. The van der Waals surface area contributed by atoms with Crippen LogP contribution in [0.25, 0.3) is 11.5 Å². The van der Waals surface area contributed by atoms with Crippen LogP contribution in [0.5, 0.6) is 0 Å². The first kappa shape index (κ1) is 12.3. The van der Waals surface area contributed by atoms with E-state index in [-0.39, 0.29) is 5.56 Å². The third kappa shape index (κ3) is 3.19. The lowest BCUT2D eigenvalue weighted by molar-refractivity contribution is 0.672. The molecule has 0 unspecified atom stereocenters. The summed E-state index contributed by atoms with van der Waals surface area (Å²) in [6, 6.07) is 5.55. The second-order valence-corrected chi connectivity index (χ2v) is 5.04. The lowest BCUT2D eigenvalue weighted by Gasteiger charge is -2.05. The van der Waals surface area contributed by atoms with Crippen molar-refractivity contribution in [2.45, 2.75) is 25.4 Å². The van der Waals surface area contributed by atoms with Gasteiger partial charge in [0.25, 0.3) is 5.56 Å². The van der Waals surface area contributed by atoms with Gasteiger partial charge >= 0.3 is 0 Å². The van der Waals surface area contributed by atoms with Crippen LogP contribution in [0.4, 0.5) is 0 Å². The summed E-state index contributed by atoms with van der Waals surface area (Å²) in [5, 5.41) is 3.88. The van der Waals surface area contributed by atoms with Crippen LogP contribution < -0.4 is 10.9 Å². The van der Waals surface area contributed by atoms with Gasteiger partial charge in [0.15, 0.2) is 5.82 Å². The van der Waals surface area contributed by atoms with E-state index in [2.05, 4.69) is 20.3 Å². The molecule has 2 heterocycles. The van der Waals surface area contributed by atoms with Crippen LogP contribution in [0, 0.1) is 0 Å². The van der Waals surface area contributed by atoms with Gasteiger partial charge in [-0.05, 0) is 25.0 Å². The van der Waals surface area contributed by atoms with E-state index in [1.807, 2.05) is 0 Å². The Labute approximate surface area is 115 Å². The Morgan fingerprint density at radius 1 is 1.42 bits per heavy atom. The van der Waals surface area contributed by atoms with E-state index in [4.69, 9.17) is 11.6 Å². The predicted octanol–water partition coefficient (Wildman–Crippen LogP) is 1.74. The van der Waals surface area contributed by atoms with Gasteiger partial charge in [-0.2, -0.15) is 0 Å². The van der Waals surface area contributed by atoms with Crippen LogP contribution in [0.2, 0.25) is 5.02 Å². The number of pyridine rings is 1. The Kier molecular flexibility index (Phi) is 3.31. The number of H-pyrrole nitrogens is 1. The zero-order chi connectivity index (χ0) is 13.2. The molecule has 2 N–H and O–H groups in total. The molecule has 0 bridgehead atoms. The molecular formula is C13H13ClN4O. The topological polar surface area (TPSA) is 70.7 Å². The first-order chi connectivity index (χ1) is 9.20. The number of nitrogens with zero attached hydrogens (tertiary/aromatic N) is 2. The van der Waals surface area contributed by atoms with Gasteiger partial charge in [-0.15, -0.1) is 0 Å². The molecule has 1 aliphatic rings. The summed E-state index contributed by atoms with van der Waals surface area (Å²) < 4.78 is 0. The molecule has 0 amide bonds. The summed E-state index contributed by atoms with van der Waals surface area (Å²) in [5.41, 5.74) is 1.16. The normalized spacial score (nSPS) is 14.6. The molecule has 0 radical (unpaired) electrons. The summed E-state index contributed by atoms with van der Waals surface area (Å²) in [7, 11) is 0. The summed E-state index contributed by atoms with van der Waals surface area (Å²) in [4.78, 5) is 22.9. The first-order valence-electron chi connectivity index (χ1n) is 6.16. The van der Waals surface area contributed by atoms with Crippen LogP contribution in [0.15, 0.2) is 29.2 Å². The Morgan fingerprint density at radius 2 is 2.26 bits per heavy atom. The quantitative estimate of drug-likeness (QED) is 0.892. The van der Waals surface area contributed by atoms with Crippen molar-refractivity contribution in [2.75, 3.05) is 0 Å². The Balaban J connectivity index is 1.87. The fourth-order valence-corrected chi connectivity index (χ4v) is 1.88. The minimum absolute atomic E-state index is 0.172. The number of halogens is 1. The molecule has 0 spiro atoms. The number of rotatable bonds is 4. The van der Waals surface area contributed by atoms with Crippen molar-refractivity contribution in [1.29, 1.82) is 0 Å². The average molecular weight is 277 g/mol. The van der Waals surface area contributed by atoms with Crippen molar-refractivity contribution in [3.63, 3.8) is 0 Å². The molecule has 0 saturated heterocycles. The van der Waals surface area contributed by atoms with Gasteiger partial charge in [-0.3, -0.25) is 9.78 Å². The van der Waals surface area contributed by atoms with Crippen molar-refractivity contribution >= 4 is 11.6 Å². The molecule has 2 aromatic heterocycles. The maximum absolute atomic E-state index is 11.6. The van der Waals surface area contributed by atoms with Crippen LogP contribution in [-0.2, 0) is 6.54 Å². The van der Waals surface area contributed by atoms with Gasteiger partial charge in [0.2, 0.25) is 0 Å². The van der Waals surface area contributed by atoms with Gasteiger partial charge in [-0.1, -0.05) is 11.6 Å². The number of aromatic nitrogens is 3. The van der Waals surface area contributed by atoms with Crippen molar-refractivity contribution < 1.29 is 0 Å². The largest absolute Gasteiger partial charge is 0.308 e. The van der Waals surface area contributed by atoms with Crippen molar-refractivity contribution in [3.05, 3.63) is 45.5 Å². The van der Waals surface area contributed by atoms with Gasteiger partial charge < -0.3 is 10.3 Å². The third-order valence-corrected chi connectivity index (χ3v) is 3.14. The minimum atomic E-state index is -0.172. The fourth-order valence-electron chi connectivity index (χ4n) is 1.77. The van der Waals surface area contributed by atoms with Crippen molar-refractivity contribution in [3.8, 4) is 11.5 Å². The first-order valence-corrected chi connectivity index (χ1v) is 6.54. The molecule has 1 aliphatic carbocycles. The van der Waals surface area contributed by atoms with Gasteiger partial charge in [0.05, 0.1) is 10.7 Å². The van der Waals surface area contributed by atoms with Crippen LogP contribution in [0.1, 0.15) is 18.5 Å². The smallest absolute Gasteiger partial charge is 0.251 e. The molecular weight excluding hydrogens is 264 g/mol. The third-order valence-electron chi connectivity index (χ3n) is 2.91. The molecule has 98 valence electrons. The van der Waals surface area contributed by atoms with Crippen LogP contribution in [-0.4, -0.2) is 21.0 Å². The maximum atomic E-state index is 11.6. The van der Waals surface area contributed by atoms with E-state index in [1.54, 1.807) is 12.1 Å². The molecule has 1 fully saturated rings. The molecule has 0 aromatic carbocycles. The van der Waals surface area contributed by atoms with Gasteiger partial charge in [-0.25, -0.2) is 4.98 Å². The van der Waals surface area contributed by atoms with E-state index in [9.17, 15) is 4.79 Å². The monoisotopic (exact) mass is 276 g/mol. The number of hydrogen-bond donors (Lipinski definition) is 2. The van der Waals surface area contributed by atoms with Crippen LogP contribution in [0.3, 0.4) is 0 Å². The summed E-state index contributed by atoms with van der Waals surface area (Å²) in [5.74, 6) is 0.469. The Hall–Kier alpha value is -1.72. The maximum Gasteiger partial charge on any atom is 0.251 e. The highest BCUT2D eigenvalue weighted by atomic mass is 35.5. The van der Waals surface area contributed by atoms with Crippen molar-refractivity contribution in [1.82, 2.24) is 20.3 Å². The van der Waals surface area contributed by atoms with E-state index in [0.717, 1.165) is 5.69 Å². The number of nitrogens with one attached hydrogen (secondary N) is 2. The van der Waals surface area contributed by atoms with E-state index >= 15 is 0 Å². The second kappa shape index (κ2) is 5.11. The standard InChI is InChI=1S/C13H13ClN4O/c14-8-1-4-11(16-6-8)13-17-10(5-12(19)18-13)7-15-9-2-3-9/h1,4-6,9,15H,2-3,7H2,(H,17,18,19). The number of hydrogen-bond acceptors (Lipinski definition) is 4. The molecule has 0 aliphatic heterocycles.